The quantitative estimate of drug-likeness (QED) is 0.733. The van der Waals surface area contributed by atoms with Crippen molar-refractivity contribution < 1.29 is 17.3 Å². The Labute approximate surface area is 103 Å². The second-order valence-electron chi connectivity index (χ2n) is 3.82. The predicted octanol–water partition coefficient (Wildman–Crippen LogP) is 2.13. The maximum atomic E-state index is 11.8. The van der Waals surface area contributed by atoms with Crippen molar-refractivity contribution in [1.82, 2.24) is 0 Å². The lowest BCUT2D eigenvalue weighted by molar-refractivity contribution is 0.0420. The molecule has 0 heterocycles. The molecule has 5 heteroatoms. The van der Waals surface area contributed by atoms with Gasteiger partial charge in [0.25, 0.3) is 10.1 Å². The topological polar surface area (TPSA) is 52.6 Å². The third-order valence-corrected chi connectivity index (χ3v) is 3.51. The van der Waals surface area contributed by atoms with Crippen molar-refractivity contribution >= 4 is 10.1 Å². The van der Waals surface area contributed by atoms with Gasteiger partial charge in [0.15, 0.2) is 0 Å². The van der Waals surface area contributed by atoms with Crippen LogP contribution in [0.4, 0.5) is 0 Å². The van der Waals surface area contributed by atoms with Crippen LogP contribution in [0.25, 0.3) is 0 Å². The molecule has 0 fully saturated rings. The predicted molar refractivity (Wildman–Crippen MR) is 65.4 cm³/mol. The first kappa shape index (κ1) is 14.2. The average Bonchev–Trinajstić information content (AvgIpc) is 2.28. The lowest BCUT2D eigenvalue weighted by Crippen LogP contribution is -2.19. The second kappa shape index (κ2) is 6.14. The molecule has 0 unspecified atom stereocenters. The first-order valence-corrected chi connectivity index (χ1v) is 6.94. The first-order valence-electron chi connectivity index (χ1n) is 5.53. The van der Waals surface area contributed by atoms with Crippen LogP contribution < -0.4 is 0 Å². The molecule has 0 bridgehead atoms. The van der Waals surface area contributed by atoms with Crippen molar-refractivity contribution in [2.24, 2.45) is 0 Å². The van der Waals surface area contributed by atoms with E-state index in [0.29, 0.717) is 6.61 Å². The van der Waals surface area contributed by atoms with Gasteiger partial charge >= 0.3 is 0 Å². The largest absolute Gasteiger partial charge is 0.376 e. The van der Waals surface area contributed by atoms with Crippen LogP contribution in [-0.2, 0) is 19.0 Å². The van der Waals surface area contributed by atoms with Gasteiger partial charge in [-0.15, -0.1) is 0 Å². The molecule has 17 heavy (non-hydrogen) atoms. The van der Waals surface area contributed by atoms with Crippen molar-refractivity contribution in [3.63, 3.8) is 0 Å². The van der Waals surface area contributed by atoms with Gasteiger partial charge in [0.2, 0.25) is 0 Å². The monoisotopic (exact) mass is 258 g/mol. The molecule has 1 rings (SSSR count). The zero-order chi connectivity index (χ0) is 12.9. The van der Waals surface area contributed by atoms with Crippen LogP contribution >= 0.6 is 0 Å². The summed E-state index contributed by atoms with van der Waals surface area (Å²) in [5, 5.41) is 0. The maximum Gasteiger partial charge on any atom is 0.297 e. The van der Waals surface area contributed by atoms with Crippen molar-refractivity contribution in [2.75, 3.05) is 13.2 Å². The second-order valence-corrected chi connectivity index (χ2v) is 5.43. The highest BCUT2D eigenvalue weighted by Gasteiger charge is 2.16. The summed E-state index contributed by atoms with van der Waals surface area (Å²) in [5.41, 5.74) is 1.01. The first-order chi connectivity index (χ1) is 7.95. The van der Waals surface area contributed by atoms with Crippen LogP contribution in [0.15, 0.2) is 29.2 Å². The normalized spacial score (nSPS) is 13.6. The van der Waals surface area contributed by atoms with E-state index < -0.39 is 10.1 Å². The highest BCUT2D eigenvalue weighted by atomic mass is 32.2. The van der Waals surface area contributed by atoms with Gasteiger partial charge in [0.05, 0.1) is 17.6 Å². The van der Waals surface area contributed by atoms with Crippen LogP contribution in [-0.4, -0.2) is 27.7 Å². The summed E-state index contributed by atoms with van der Waals surface area (Å²) in [6, 6.07) is 6.55. The summed E-state index contributed by atoms with van der Waals surface area (Å²) >= 11 is 0. The molecule has 0 aliphatic heterocycles. The Morgan fingerprint density at radius 2 is 1.82 bits per heavy atom. The Morgan fingerprint density at radius 3 is 2.35 bits per heavy atom. The minimum absolute atomic E-state index is 0.0318. The van der Waals surface area contributed by atoms with E-state index >= 15 is 0 Å². The number of hydrogen-bond acceptors (Lipinski definition) is 4. The van der Waals surface area contributed by atoms with Crippen molar-refractivity contribution in [3.05, 3.63) is 29.8 Å². The van der Waals surface area contributed by atoms with Gasteiger partial charge in [-0.1, -0.05) is 17.7 Å². The summed E-state index contributed by atoms with van der Waals surface area (Å²) in [4.78, 5) is 0.173. The third kappa shape index (κ3) is 4.46. The van der Waals surface area contributed by atoms with E-state index in [1.54, 1.807) is 19.1 Å². The van der Waals surface area contributed by atoms with Crippen LogP contribution in [0.3, 0.4) is 0 Å². The fraction of sp³-hybridized carbons (Fsp3) is 0.500. The molecule has 1 aromatic rings. The number of hydrogen-bond donors (Lipinski definition) is 0. The van der Waals surface area contributed by atoms with Gasteiger partial charge in [-0.05, 0) is 32.9 Å². The Balaban J connectivity index is 2.66. The SMILES string of the molecule is CCO[C@@H](C)COS(=O)(=O)c1ccc(C)cc1. The third-order valence-electron chi connectivity index (χ3n) is 2.22. The number of benzene rings is 1. The molecule has 1 atom stereocenters. The lowest BCUT2D eigenvalue weighted by Gasteiger charge is -2.12. The summed E-state index contributed by atoms with van der Waals surface area (Å²) in [6.45, 7) is 6.09. The lowest BCUT2D eigenvalue weighted by atomic mass is 10.2. The molecule has 0 saturated heterocycles. The summed E-state index contributed by atoms with van der Waals surface area (Å²) < 4.78 is 33.7. The number of aryl methyl sites for hydroxylation is 1. The molecule has 0 N–H and O–H groups in total. The molecule has 0 radical (unpaired) electrons. The summed E-state index contributed by atoms with van der Waals surface area (Å²) in [7, 11) is -3.67. The molecule has 0 aromatic heterocycles. The zero-order valence-electron chi connectivity index (χ0n) is 10.3. The minimum atomic E-state index is -3.67. The van der Waals surface area contributed by atoms with E-state index in [2.05, 4.69) is 0 Å². The molecular formula is C12H18O4S. The van der Waals surface area contributed by atoms with Gasteiger partial charge in [-0.25, -0.2) is 0 Å². The molecule has 0 aliphatic rings. The van der Waals surface area contributed by atoms with E-state index in [0.717, 1.165) is 5.56 Å². The summed E-state index contributed by atoms with van der Waals surface area (Å²) in [5.74, 6) is 0. The Hall–Kier alpha value is -0.910. The van der Waals surface area contributed by atoms with E-state index in [1.165, 1.54) is 12.1 Å². The van der Waals surface area contributed by atoms with E-state index in [-0.39, 0.29) is 17.6 Å². The standard InChI is InChI=1S/C12H18O4S/c1-4-15-11(3)9-16-17(13,14)12-7-5-10(2)6-8-12/h5-8,11H,4,9H2,1-3H3/t11-/m0/s1. The summed E-state index contributed by atoms with van der Waals surface area (Å²) in [6.07, 6.45) is -0.236. The van der Waals surface area contributed by atoms with Gasteiger partial charge in [0.1, 0.15) is 0 Å². The molecule has 96 valence electrons. The average molecular weight is 258 g/mol. The van der Waals surface area contributed by atoms with Crippen molar-refractivity contribution in [2.45, 2.75) is 31.8 Å². The van der Waals surface area contributed by atoms with Gasteiger partial charge in [-0.2, -0.15) is 8.42 Å². The highest BCUT2D eigenvalue weighted by molar-refractivity contribution is 7.86. The van der Waals surface area contributed by atoms with E-state index in [9.17, 15) is 8.42 Å². The molecule has 1 aromatic carbocycles. The van der Waals surface area contributed by atoms with Crippen LogP contribution in [0.2, 0.25) is 0 Å². The highest BCUT2D eigenvalue weighted by Crippen LogP contribution is 2.13. The van der Waals surface area contributed by atoms with Crippen molar-refractivity contribution in [3.8, 4) is 0 Å². The smallest absolute Gasteiger partial charge is 0.297 e. The van der Waals surface area contributed by atoms with Crippen LogP contribution in [0, 0.1) is 6.92 Å². The van der Waals surface area contributed by atoms with E-state index in [4.69, 9.17) is 8.92 Å². The van der Waals surface area contributed by atoms with Crippen molar-refractivity contribution in [1.29, 1.82) is 0 Å². The molecule has 0 aliphatic carbocycles. The van der Waals surface area contributed by atoms with Gasteiger partial charge < -0.3 is 4.74 Å². The number of rotatable bonds is 6. The molecule has 0 spiro atoms. The fourth-order valence-electron chi connectivity index (χ4n) is 1.29. The number of ether oxygens (including phenoxy) is 1. The van der Waals surface area contributed by atoms with Gasteiger partial charge in [0, 0.05) is 6.61 Å². The molecule has 4 nitrogen and oxygen atoms in total. The molecular weight excluding hydrogens is 240 g/mol. The van der Waals surface area contributed by atoms with E-state index in [1.807, 2.05) is 13.8 Å². The maximum absolute atomic E-state index is 11.8. The minimum Gasteiger partial charge on any atom is -0.376 e. The molecule has 0 amide bonds. The Kier molecular flexibility index (Phi) is 5.11. The Bertz CT molecular complexity index is 436. The molecule has 0 saturated carbocycles. The van der Waals surface area contributed by atoms with Gasteiger partial charge in [-0.3, -0.25) is 4.18 Å². The zero-order valence-corrected chi connectivity index (χ0v) is 11.2. The fourth-order valence-corrected chi connectivity index (χ4v) is 2.27. The van der Waals surface area contributed by atoms with Crippen LogP contribution in [0.5, 0.6) is 0 Å². The van der Waals surface area contributed by atoms with Crippen LogP contribution in [0.1, 0.15) is 19.4 Å². The Morgan fingerprint density at radius 1 is 1.24 bits per heavy atom.